The Morgan fingerprint density at radius 2 is 2.35 bits per heavy atom. The van der Waals surface area contributed by atoms with Gasteiger partial charge in [-0.2, -0.15) is 0 Å². The van der Waals surface area contributed by atoms with Gasteiger partial charge in [-0.05, 0) is 29.6 Å². The number of hydrogen-bond acceptors (Lipinski definition) is 2. The average molecular weight is 236 g/mol. The predicted octanol–water partition coefficient (Wildman–Crippen LogP) is 2.18. The van der Waals surface area contributed by atoms with Crippen LogP contribution in [0.5, 0.6) is 0 Å². The van der Waals surface area contributed by atoms with Crippen LogP contribution in [0.2, 0.25) is 0 Å². The zero-order chi connectivity index (χ0) is 12.5. The van der Waals surface area contributed by atoms with Gasteiger partial charge in [-0.25, -0.2) is 4.39 Å². The molecule has 0 aromatic heterocycles. The molecule has 1 amide bonds. The van der Waals surface area contributed by atoms with Gasteiger partial charge in [0.25, 0.3) is 0 Å². The number of nitrogens with zero attached hydrogens (tertiary/aromatic N) is 3. The number of halogens is 1. The van der Waals surface area contributed by atoms with E-state index in [0.717, 1.165) is 0 Å². The highest BCUT2D eigenvalue weighted by atomic mass is 19.1. The van der Waals surface area contributed by atoms with E-state index < -0.39 is 0 Å². The molecule has 90 valence electrons. The molecular formula is C11H13FN4O. The van der Waals surface area contributed by atoms with E-state index in [4.69, 9.17) is 5.53 Å². The van der Waals surface area contributed by atoms with Gasteiger partial charge in [-0.15, -0.1) is 0 Å². The van der Waals surface area contributed by atoms with Crippen molar-refractivity contribution < 1.29 is 9.18 Å². The molecule has 0 aliphatic carbocycles. The highest BCUT2D eigenvalue weighted by Crippen LogP contribution is 2.03. The minimum Gasteiger partial charge on any atom is -0.356 e. The van der Waals surface area contributed by atoms with Crippen LogP contribution in [0, 0.1) is 5.82 Å². The van der Waals surface area contributed by atoms with Gasteiger partial charge < -0.3 is 5.32 Å². The standard InChI is InChI=1S/C11H13FN4O/c12-10-4-1-3-9(7-10)8-11(17)14-5-2-6-15-16-13/h1,3-4,7H,2,5-6,8H2,(H,14,17). The van der Waals surface area contributed by atoms with Crippen molar-refractivity contribution in [3.63, 3.8) is 0 Å². The van der Waals surface area contributed by atoms with Crippen LogP contribution in [0.3, 0.4) is 0 Å². The second kappa shape index (κ2) is 7.24. The Hall–Kier alpha value is -2.07. The minimum absolute atomic E-state index is 0.152. The molecule has 0 fully saturated rings. The van der Waals surface area contributed by atoms with Crippen molar-refractivity contribution in [1.82, 2.24) is 5.32 Å². The van der Waals surface area contributed by atoms with E-state index in [1.54, 1.807) is 12.1 Å². The SMILES string of the molecule is [N-]=[N+]=NCCCNC(=O)Cc1cccc(F)c1. The van der Waals surface area contributed by atoms with Crippen LogP contribution in [0.1, 0.15) is 12.0 Å². The number of amides is 1. The van der Waals surface area contributed by atoms with Crippen molar-refractivity contribution in [2.45, 2.75) is 12.8 Å². The lowest BCUT2D eigenvalue weighted by Gasteiger charge is -2.04. The summed E-state index contributed by atoms with van der Waals surface area (Å²) in [5.74, 6) is -0.518. The third-order valence-corrected chi connectivity index (χ3v) is 2.07. The molecular weight excluding hydrogens is 223 g/mol. The van der Waals surface area contributed by atoms with Gasteiger partial charge in [0.15, 0.2) is 0 Å². The Kier molecular flexibility index (Phi) is 5.54. The number of rotatable bonds is 6. The Bertz CT molecular complexity index is 429. The van der Waals surface area contributed by atoms with Crippen LogP contribution in [-0.2, 0) is 11.2 Å². The molecule has 0 saturated heterocycles. The molecule has 0 unspecified atom stereocenters. The molecule has 1 aromatic rings. The van der Waals surface area contributed by atoms with Crippen molar-refractivity contribution >= 4 is 5.91 Å². The Morgan fingerprint density at radius 3 is 3.06 bits per heavy atom. The minimum atomic E-state index is -0.348. The first-order valence-electron chi connectivity index (χ1n) is 5.24. The van der Waals surface area contributed by atoms with Gasteiger partial charge in [0, 0.05) is 18.0 Å². The molecule has 0 spiro atoms. The molecule has 0 heterocycles. The fourth-order valence-corrected chi connectivity index (χ4v) is 1.32. The predicted molar refractivity (Wildman–Crippen MR) is 61.7 cm³/mol. The first-order valence-corrected chi connectivity index (χ1v) is 5.24. The molecule has 0 aliphatic rings. The summed E-state index contributed by atoms with van der Waals surface area (Å²) in [6.07, 6.45) is 0.748. The number of benzene rings is 1. The summed E-state index contributed by atoms with van der Waals surface area (Å²) in [4.78, 5) is 14.0. The van der Waals surface area contributed by atoms with Crippen LogP contribution >= 0.6 is 0 Å². The summed E-state index contributed by atoms with van der Waals surface area (Å²) in [7, 11) is 0. The van der Waals surface area contributed by atoms with Gasteiger partial charge in [0.2, 0.25) is 5.91 Å². The number of azide groups is 1. The molecule has 6 heteroatoms. The van der Waals surface area contributed by atoms with Crippen molar-refractivity contribution in [1.29, 1.82) is 0 Å². The number of carbonyl (C=O) groups excluding carboxylic acids is 1. The maximum Gasteiger partial charge on any atom is 0.224 e. The Balaban J connectivity index is 2.27. The summed E-state index contributed by atoms with van der Waals surface area (Å²) in [6.45, 7) is 0.809. The van der Waals surface area contributed by atoms with Gasteiger partial charge in [-0.1, -0.05) is 17.2 Å². The highest BCUT2D eigenvalue weighted by Gasteiger charge is 2.03. The van der Waals surface area contributed by atoms with Crippen molar-refractivity contribution in [2.75, 3.05) is 13.1 Å². The van der Waals surface area contributed by atoms with Crippen LogP contribution in [-0.4, -0.2) is 19.0 Å². The lowest BCUT2D eigenvalue weighted by molar-refractivity contribution is -0.120. The molecule has 1 aromatic carbocycles. The molecule has 0 bridgehead atoms. The van der Waals surface area contributed by atoms with E-state index in [0.29, 0.717) is 25.1 Å². The van der Waals surface area contributed by atoms with Gasteiger partial charge in [0.1, 0.15) is 5.82 Å². The van der Waals surface area contributed by atoms with E-state index in [9.17, 15) is 9.18 Å². The van der Waals surface area contributed by atoms with Crippen LogP contribution in [0.15, 0.2) is 29.4 Å². The van der Waals surface area contributed by atoms with Crippen LogP contribution < -0.4 is 5.32 Å². The molecule has 0 radical (unpaired) electrons. The van der Waals surface area contributed by atoms with E-state index in [1.807, 2.05) is 0 Å². The normalized spacial score (nSPS) is 9.47. The van der Waals surface area contributed by atoms with Gasteiger partial charge >= 0.3 is 0 Å². The third kappa shape index (κ3) is 5.53. The van der Waals surface area contributed by atoms with Crippen molar-refractivity contribution in [2.24, 2.45) is 5.11 Å². The summed E-state index contributed by atoms with van der Waals surface area (Å²) in [6, 6.07) is 5.93. The highest BCUT2D eigenvalue weighted by molar-refractivity contribution is 5.78. The largest absolute Gasteiger partial charge is 0.356 e. The number of carbonyl (C=O) groups is 1. The van der Waals surface area contributed by atoms with E-state index >= 15 is 0 Å². The number of hydrogen-bond donors (Lipinski definition) is 1. The van der Waals surface area contributed by atoms with Crippen LogP contribution in [0.25, 0.3) is 10.4 Å². The molecule has 0 atom stereocenters. The van der Waals surface area contributed by atoms with Crippen LogP contribution in [0.4, 0.5) is 4.39 Å². The Morgan fingerprint density at radius 1 is 1.53 bits per heavy atom. The Labute approximate surface area is 98.3 Å². The van der Waals surface area contributed by atoms with E-state index in [1.165, 1.54) is 12.1 Å². The fourth-order valence-electron chi connectivity index (χ4n) is 1.32. The second-order valence-electron chi connectivity index (χ2n) is 3.46. The zero-order valence-corrected chi connectivity index (χ0v) is 9.27. The maximum absolute atomic E-state index is 12.8. The quantitative estimate of drug-likeness (QED) is 0.349. The molecule has 1 N–H and O–H groups in total. The van der Waals surface area contributed by atoms with E-state index in [2.05, 4.69) is 15.3 Å². The topological polar surface area (TPSA) is 77.9 Å². The summed E-state index contributed by atoms with van der Waals surface area (Å²) >= 11 is 0. The summed E-state index contributed by atoms with van der Waals surface area (Å²) < 4.78 is 12.8. The van der Waals surface area contributed by atoms with Gasteiger partial charge in [0.05, 0.1) is 6.42 Å². The summed E-state index contributed by atoms with van der Waals surface area (Å²) in [5.41, 5.74) is 8.67. The molecule has 0 aliphatic heterocycles. The molecule has 5 nitrogen and oxygen atoms in total. The fraction of sp³-hybridized carbons (Fsp3) is 0.364. The number of nitrogens with one attached hydrogen (secondary N) is 1. The first-order chi connectivity index (χ1) is 8.22. The van der Waals surface area contributed by atoms with Crippen molar-refractivity contribution in [3.05, 3.63) is 46.1 Å². The third-order valence-electron chi connectivity index (χ3n) is 2.07. The molecule has 17 heavy (non-hydrogen) atoms. The first kappa shape index (κ1) is 13.0. The zero-order valence-electron chi connectivity index (χ0n) is 9.27. The smallest absolute Gasteiger partial charge is 0.224 e. The average Bonchev–Trinajstić information content (AvgIpc) is 2.29. The lowest BCUT2D eigenvalue weighted by atomic mass is 10.1. The monoisotopic (exact) mass is 236 g/mol. The summed E-state index contributed by atoms with van der Waals surface area (Å²) in [5, 5.41) is 6.01. The van der Waals surface area contributed by atoms with Crippen molar-refractivity contribution in [3.8, 4) is 0 Å². The lowest BCUT2D eigenvalue weighted by Crippen LogP contribution is -2.26. The van der Waals surface area contributed by atoms with Gasteiger partial charge in [-0.3, -0.25) is 4.79 Å². The maximum atomic E-state index is 12.8. The van der Waals surface area contributed by atoms with E-state index in [-0.39, 0.29) is 18.1 Å². The molecule has 0 saturated carbocycles. The second-order valence-corrected chi connectivity index (χ2v) is 3.46. The molecule has 1 rings (SSSR count).